The molecule has 1 rings (SSSR count). The Bertz CT molecular complexity index is 348. The van der Waals surface area contributed by atoms with Crippen LogP contribution in [0.25, 0.3) is 0 Å². The molecule has 4 heteroatoms. The maximum Gasteiger partial charge on any atom is 0.133 e. The molecular weight excluding hydrogens is 239 g/mol. The van der Waals surface area contributed by atoms with E-state index >= 15 is 0 Å². The summed E-state index contributed by atoms with van der Waals surface area (Å²) in [6.07, 6.45) is 3.36. The van der Waals surface area contributed by atoms with E-state index in [2.05, 4.69) is 5.32 Å². The van der Waals surface area contributed by atoms with Crippen LogP contribution in [0.1, 0.15) is 51.1 Å². The molecule has 0 amide bonds. The minimum Gasteiger partial charge on any atom is -0.310 e. The standard InChI is InChI=1S/C14H20F3N/c1-3-5-6-13(18-7-4-2)14-11(16)8-10(15)9-12(14)17/h8-9,13,18H,3-7H2,1-2H3. The molecule has 0 aliphatic carbocycles. The van der Waals surface area contributed by atoms with E-state index in [0.717, 1.165) is 31.4 Å². The summed E-state index contributed by atoms with van der Waals surface area (Å²) in [5.41, 5.74) is -0.0432. The van der Waals surface area contributed by atoms with Gasteiger partial charge >= 0.3 is 0 Å². The summed E-state index contributed by atoms with van der Waals surface area (Å²) in [6, 6.07) is 1.10. The molecule has 0 saturated carbocycles. The number of benzene rings is 1. The molecule has 0 aliphatic heterocycles. The molecule has 1 atom stereocenters. The fraction of sp³-hybridized carbons (Fsp3) is 0.571. The van der Waals surface area contributed by atoms with E-state index in [1.54, 1.807) is 0 Å². The van der Waals surface area contributed by atoms with Crippen LogP contribution in [0.2, 0.25) is 0 Å². The number of hydrogen-bond donors (Lipinski definition) is 1. The van der Waals surface area contributed by atoms with Gasteiger partial charge in [-0.05, 0) is 19.4 Å². The van der Waals surface area contributed by atoms with Gasteiger partial charge in [-0.1, -0.05) is 26.7 Å². The first-order valence-electron chi connectivity index (χ1n) is 6.48. The molecule has 0 radical (unpaired) electrons. The second kappa shape index (κ2) is 7.41. The normalized spacial score (nSPS) is 12.7. The van der Waals surface area contributed by atoms with Crippen molar-refractivity contribution in [1.29, 1.82) is 0 Å². The van der Waals surface area contributed by atoms with E-state index in [4.69, 9.17) is 0 Å². The van der Waals surface area contributed by atoms with E-state index in [1.807, 2.05) is 13.8 Å². The number of rotatable bonds is 7. The summed E-state index contributed by atoms with van der Waals surface area (Å²) in [7, 11) is 0. The molecule has 1 nitrogen and oxygen atoms in total. The van der Waals surface area contributed by atoms with Crippen LogP contribution in [0.5, 0.6) is 0 Å². The highest BCUT2D eigenvalue weighted by molar-refractivity contribution is 5.24. The molecule has 0 heterocycles. The Morgan fingerprint density at radius 2 is 1.67 bits per heavy atom. The van der Waals surface area contributed by atoms with Gasteiger partial charge in [0.05, 0.1) is 0 Å². The average Bonchev–Trinajstić information content (AvgIpc) is 2.30. The molecule has 0 aromatic heterocycles. The highest BCUT2D eigenvalue weighted by Crippen LogP contribution is 2.26. The van der Waals surface area contributed by atoms with Crippen LogP contribution in [-0.2, 0) is 0 Å². The second-order valence-electron chi connectivity index (χ2n) is 4.43. The van der Waals surface area contributed by atoms with Crippen molar-refractivity contribution in [3.63, 3.8) is 0 Å². The van der Waals surface area contributed by atoms with Crippen LogP contribution in [-0.4, -0.2) is 6.54 Å². The number of hydrogen-bond acceptors (Lipinski definition) is 1. The molecule has 1 unspecified atom stereocenters. The Hall–Kier alpha value is -1.03. The van der Waals surface area contributed by atoms with Gasteiger partial charge in [0.2, 0.25) is 0 Å². The van der Waals surface area contributed by atoms with Gasteiger partial charge in [0.1, 0.15) is 17.5 Å². The van der Waals surface area contributed by atoms with Crippen molar-refractivity contribution in [2.75, 3.05) is 6.54 Å². The molecule has 0 fully saturated rings. The lowest BCUT2D eigenvalue weighted by atomic mass is 9.99. The summed E-state index contributed by atoms with van der Waals surface area (Å²) in [4.78, 5) is 0. The molecule has 102 valence electrons. The quantitative estimate of drug-likeness (QED) is 0.768. The highest BCUT2D eigenvalue weighted by Gasteiger charge is 2.20. The van der Waals surface area contributed by atoms with Crippen molar-refractivity contribution < 1.29 is 13.2 Å². The van der Waals surface area contributed by atoms with Gasteiger partial charge in [0.25, 0.3) is 0 Å². The molecule has 1 aromatic carbocycles. The Labute approximate surface area is 106 Å². The summed E-state index contributed by atoms with van der Waals surface area (Å²) < 4.78 is 40.3. The zero-order valence-electron chi connectivity index (χ0n) is 10.9. The van der Waals surface area contributed by atoms with Crippen LogP contribution in [0, 0.1) is 17.5 Å². The first kappa shape index (κ1) is 15.0. The molecule has 1 N–H and O–H groups in total. The fourth-order valence-corrected chi connectivity index (χ4v) is 1.96. The minimum atomic E-state index is -0.876. The van der Waals surface area contributed by atoms with Crippen LogP contribution in [0.4, 0.5) is 13.2 Å². The van der Waals surface area contributed by atoms with Gasteiger partial charge in [-0.2, -0.15) is 0 Å². The topological polar surface area (TPSA) is 12.0 Å². The number of nitrogens with one attached hydrogen (secondary N) is 1. The Balaban J connectivity index is 2.95. The lowest BCUT2D eigenvalue weighted by molar-refractivity contribution is 0.429. The molecule has 1 aromatic rings. The minimum absolute atomic E-state index is 0.0432. The third-order valence-electron chi connectivity index (χ3n) is 2.88. The van der Waals surface area contributed by atoms with E-state index in [0.29, 0.717) is 13.0 Å². The van der Waals surface area contributed by atoms with Crippen LogP contribution in [0.15, 0.2) is 12.1 Å². The smallest absolute Gasteiger partial charge is 0.133 e. The summed E-state index contributed by atoms with van der Waals surface area (Å²) in [5, 5.41) is 3.12. The van der Waals surface area contributed by atoms with Gasteiger partial charge in [-0.3, -0.25) is 0 Å². The fourth-order valence-electron chi connectivity index (χ4n) is 1.96. The third kappa shape index (κ3) is 4.02. The van der Waals surface area contributed by atoms with Crippen molar-refractivity contribution in [3.8, 4) is 0 Å². The molecule has 18 heavy (non-hydrogen) atoms. The molecule has 0 saturated heterocycles. The number of halogens is 3. The van der Waals surface area contributed by atoms with Crippen molar-refractivity contribution in [2.45, 2.75) is 45.6 Å². The van der Waals surface area contributed by atoms with Gasteiger partial charge in [0, 0.05) is 23.7 Å². The first-order chi connectivity index (χ1) is 8.60. The van der Waals surface area contributed by atoms with Gasteiger partial charge in [0.15, 0.2) is 0 Å². The summed E-state index contributed by atoms with van der Waals surface area (Å²) in [6.45, 7) is 4.69. The second-order valence-corrected chi connectivity index (χ2v) is 4.43. The van der Waals surface area contributed by atoms with Crippen molar-refractivity contribution in [3.05, 3.63) is 35.1 Å². The zero-order valence-corrected chi connectivity index (χ0v) is 10.9. The molecule has 0 spiro atoms. The predicted octanol–water partition coefficient (Wildman–Crippen LogP) is 4.33. The lowest BCUT2D eigenvalue weighted by Gasteiger charge is -2.20. The monoisotopic (exact) mass is 259 g/mol. The maximum atomic E-state index is 13.7. The van der Waals surface area contributed by atoms with E-state index in [1.165, 1.54) is 0 Å². The van der Waals surface area contributed by atoms with Gasteiger partial charge < -0.3 is 5.32 Å². The average molecular weight is 259 g/mol. The highest BCUT2D eigenvalue weighted by atomic mass is 19.1. The van der Waals surface area contributed by atoms with Gasteiger partial charge in [-0.25, -0.2) is 13.2 Å². The third-order valence-corrected chi connectivity index (χ3v) is 2.88. The summed E-state index contributed by atoms with van der Waals surface area (Å²) in [5.74, 6) is -2.49. The SMILES string of the molecule is CCCCC(NCCC)c1c(F)cc(F)cc1F. The van der Waals surface area contributed by atoms with E-state index in [9.17, 15) is 13.2 Å². The predicted molar refractivity (Wildman–Crippen MR) is 66.9 cm³/mol. The van der Waals surface area contributed by atoms with Gasteiger partial charge in [-0.15, -0.1) is 0 Å². The van der Waals surface area contributed by atoms with Crippen LogP contribution >= 0.6 is 0 Å². The Kier molecular flexibility index (Phi) is 6.19. The molecule has 0 bridgehead atoms. The Morgan fingerprint density at radius 3 is 2.17 bits per heavy atom. The largest absolute Gasteiger partial charge is 0.310 e. The van der Waals surface area contributed by atoms with Crippen LogP contribution in [0.3, 0.4) is 0 Å². The lowest BCUT2D eigenvalue weighted by Crippen LogP contribution is -2.24. The van der Waals surface area contributed by atoms with E-state index in [-0.39, 0.29) is 11.6 Å². The zero-order chi connectivity index (χ0) is 13.5. The summed E-state index contributed by atoms with van der Waals surface area (Å²) >= 11 is 0. The van der Waals surface area contributed by atoms with E-state index < -0.39 is 17.5 Å². The maximum absolute atomic E-state index is 13.7. The van der Waals surface area contributed by atoms with Crippen molar-refractivity contribution in [1.82, 2.24) is 5.32 Å². The molecular formula is C14H20F3N. The van der Waals surface area contributed by atoms with Crippen molar-refractivity contribution >= 4 is 0 Å². The first-order valence-corrected chi connectivity index (χ1v) is 6.48. The Morgan fingerprint density at radius 1 is 1.06 bits per heavy atom. The van der Waals surface area contributed by atoms with Crippen molar-refractivity contribution in [2.24, 2.45) is 0 Å². The molecule has 0 aliphatic rings. The number of unbranched alkanes of at least 4 members (excludes halogenated alkanes) is 1. The van der Waals surface area contributed by atoms with Crippen LogP contribution < -0.4 is 5.32 Å².